The van der Waals surface area contributed by atoms with Gasteiger partial charge in [0.15, 0.2) is 5.84 Å². The number of para-hydroxylation sites is 2. The van der Waals surface area contributed by atoms with Gasteiger partial charge in [-0.25, -0.2) is 4.99 Å². The molecule has 0 radical (unpaired) electrons. The van der Waals surface area contributed by atoms with Gasteiger partial charge >= 0.3 is 0 Å². The number of aromatic nitrogens is 1. The molecule has 0 amide bonds. The summed E-state index contributed by atoms with van der Waals surface area (Å²) in [5, 5.41) is 3.58. The maximum atomic E-state index is 6.30. The number of amidine groups is 1. The van der Waals surface area contributed by atoms with Crippen LogP contribution >= 0.6 is 0 Å². The quantitative estimate of drug-likeness (QED) is 0.127. The van der Waals surface area contributed by atoms with E-state index >= 15 is 0 Å². The number of benzene rings is 5. The Hall–Kier alpha value is -6.52. The highest BCUT2D eigenvalue weighted by Gasteiger charge is 2.47. The summed E-state index contributed by atoms with van der Waals surface area (Å²) >= 11 is 0. The molecule has 7 aromatic rings. The summed E-state index contributed by atoms with van der Waals surface area (Å²) in [6.07, 6.45) is 20.0. The van der Waals surface area contributed by atoms with Gasteiger partial charge in [-0.3, -0.25) is 4.99 Å². The number of hydrogen-bond donors (Lipinski definition) is 0. The average molecular weight is 778 g/mol. The maximum Gasteiger partial charge on any atom is 0.155 e. The first-order valence-corrected chi connectivity index (χ1v) is 21.8. The van der Waals surface area contributed by atoms with Gasteiger partial charge in [-0.1, -0.05) is 141 Å². The lowest BCUT2D eigenvalue weighted by Crippen LogP contribution is -2.19. The van der Waals surface area contributed by atoms with Crippen molar-refractivity contribution in [2.45, 2.75) is 58.9 Å². The number of furan rings is 1. The van der Waals surface area contributed by atoms with E-state index in [1.54, 1.807) is 16.7 Å². The Morgan fingerprint density at radius 1 is 0.800 bits per heavy atom. The van der Waals surface area contributed by atoms with Crippen molar-refractivity contribution in [3.63, 3.8) is 0 Å². The molecule has 12 rings (SSSR count). The lowest BCUT2D eigenvalue weighted by Gasteiger charge is -2.29. The fourth-order valence-electron chi connectivity index (χ4n) is 11.4. The number of allylic oxidation sites excluding steroid dienone is 7. The molecule has 2 unspecified atom stereocenters. The molecule has 0 aliphatic heterocycles. The Morgan fingerprint density at radius 3 is 2.50 bits per heavy atom. The van der Waals surface area contributed by atoms with Crippen LogP contribution in [-0.2, 0) is 12.8 Å². The minimum Gasteiger partial charge on any atom is -0.456 e. The summed E-state index contributed by atoms with van der Waals surface area (Å²) in [7, 11) is 0. The molecule has 1 saturated carbocycles. The van der Waals surface area contributed by atoms with Gasteiger partial charge in [-0.15, -0.1) is 0 Å². The second-order valence-corrected chi connectivity index (χ2v) is 17.8. The summed E-state index contributed by atoms with van der Waals surface area (Å²) in [5.74, 6) is 1.23. The highest BCUT2D eigenvalue weighted by Crippen LogP contribution is 2.59. The van der Waals surface area contributed by atoms with Crippen molar-refractivity contribution in [1.29, 1.82) is 0 Å². The van der Waals surface area contributed by atoms with Gasteiger partial charge < -0.3 is 8.98 Å². The van der Waals surface area contributed by atoms with E-state index in [0.29, 0.717) is 12.5 Å². The Kier molecular flexibility index (Phi) is 7.97. The lowest BCUT2D eigenvalue weighted by molar-refractivity contribution is 0.540. The Bertz CT molecular complexity index is 3200. The Morgan fingerprint density at radius 2 is 1.57 bits per heavy atom. The Balaban J connectivity index is 0.973. The molecular weight excluding hydrogens is 731 g/mol. The van der Waals surface area contributed by atoms with E-state index in [0.717, 1.165) is 76.7 Å². The van der Waals surface area contributed by atoms with Crippen LogP contribution in [0.1, 0.15) is 79.6 Å². The van der Waals surface area contributed by atoms with Gasteiger partial charge in [0, 0.05) is 55.5 Å². The van der Waals surface area contributed by atoms with Crippen LogP contribution in [0.4, 0.5) is 0 Å². The van der Waals surface area contributed by atoms with Crippen LogP contribution in [0.25, 0.3) is 50.0 Å². The molecule has 2 aromatic heterocycles. The van der Waals surface area contributed by atoms with Crippen molar-refractivity contribution in [2.75, 3.05) is 6.54 Å². The summed E-state index contributed by atoms with van der Waals surface area (Å²) in [6.45, 7) is 7.54. The molecule has 1 fully saturated rings. The van der Waals surface area contributed by atoms with Crippen molar-refractivity contribution in [2.24, 2.45) is 21.3 Å². The maximum absolute atomic E-state index is 6.30. The number of nitrogens with zero attached hydrogens (tertiary/aromatic N) is 3. The Labute approximate surface area is 351 Å². The molecule has 0 bridgehead atoms. The van der Waals surface area contributed by atoms with Gasteiger partial charge in [-0.05, 0) is 108 Å². The summed E-state index contributed by atoms with van der Waals surface area (Å²) in [4.78, 5) is 11.0. The zero-order chi connectivity index (χ0) is 40.1. The minimum atomic E-state index is 0.0431. The molecular formula is C56H47N3O. The molecule has 5 aliphatic rings. The number of fused-ring (bicyclic) bond motifs is 12. The lowest BCUT2D eigenvalue weighted by atomic mass is 9.77. The third-order valence-corrected chi connectivity index (χ3v) is 14.1. The topological polar surface area (TPSA) is 42.8 Å². The number of rotatable bonds is 5. The molecule has 0 spiro atoms. The highest BCUT2D eigenvalue weighted by molar-refractivity contribution is 6.21. The largest absolute Gasteiger partial charge is 0.456 e. The summed E-state index contributed by atoms with van der Waals surface area (Å²) in [6, 6.07) is 39.3. The predicted octanol–water partition coefficient (Wildman–Crippen LogP) is 13.7. The van der Waals surface area contributed by atoms with E-state index in [9.17, 15) is 0 Å². The molecule has 60 heavy (non-hydrogen) atoms. The molecule has 5 aliphatic carbocycles. The average Bonchev–Trinajstić information content (AvgIpc) is 4.01. The van der Waals surface area contributed by atoms with E-state index in [1.807, 2.05) is 12.1 Å². The molecule has 2 heterocycles. The van der Waals surface area contributed by atoms with Crippen LogP contribution in [0.15, 0.2) is 176 Å². The molecule has 2 atom stereocenters. The fraction of sp³-hybridized carbons (Fsp3) is 0.214. The van der Waals surface area contributed by atoms with Gasteiger partial charge in [-0.2, -0.15) is 0 Å². The van der Waals surface area contributed by atoms with Gasteiger partial charge in [0.05, 0.1) is 12.6 Å². The fourth-order valence-corrected chi connectivity index (χ4v) is 11.4. The number of hydrogen-bond acceptors (Lipinski definition) is 2. The van der Waals surface area contributed by atoms with Crippen molar-refractivity contribution >= 4 is 50.5 Å². The molecule has 4 nitrogen and oxygen atoms in total. The van der Waals surface area contributed by atoms with Crippen molar-refractivity contribution in [3.05, 3.63) is 195 Å². The van der Waals surface area contributed by atoms with E-state index in [1.165, 1.54) is 50.0 Å². The van der Waals surface area contributed by atoms with Crippen LogP contribution in [-0.4, -0.2) is 22.7 Å². The molecule has 5 aromatic carbocycles. The van der Waals surface area contributed by atoms with Gasteiger partial charge in [0.25, 0.3) is 0 Å². The summed E-state index contributed by atoms with van der Waals surface area (Å²) < 4.78 is 8.94. The molecule has 292 valence electrons. The molecule has 0 saturated heterocycles. The second-order valence-electron chi connectivity index (χ2n) is 17.8. The molecule has 0 N–H and O–H groups in total. The standard InChI is InChI=1S/C56H47N3O/c1-34(39-23-14-28-52-54(39)43-22-8-11-27-51(43)60-52)58-55(44-24-13-17-37-30-36-16-4-5-19-40(36)53(37)44)57-33-35-15-12-18-38(29-35)59-49-26-10-7-21-42(49)46-31-45-41-20-6-9-25-47(41)56(2,3)48(45)32-50(46)59/h4-5,7-8,10-17,19-29,32,38,45H,6,9,18,30-31,33H2,1-3H3. The van der Waals surface area contributed by atoms with Crippen molar-refractivity contribution in [3.8, 4) is 11.1 Å². The first kappa shape index (κ1) is 35.4. The van der Waals surface area contributed by atoms with E-state index in [-0.39, 0.29) is 11.5 Å². The van der Waals surface area contributed by atoms with Crippen LogP contribution in [0.2, 0.25) is 0 Å². The van der Waals surface area contributed by atoms with Crippen LogP contribution in [0, 0.1) is 11.3 Å². The van der Waals surface area contributed by atoms with E-state index in [4.69, 9.17) is 14.4 Å². The zero-order valence-electron chi connectivity index (χ0n) is 34.5. The second kappa shape index (κ2) is 13.5. The van der Waals surface area contributed by atoms with Crippen molar-refractivity contribution in [1.82, 2.24) is 4.57 Å². The minimum absolute atomic E-state index is 0.0431. The highest BCUT2D eigenvalue weighted by atomic mass is 16.3. The predicted molar refractivity (Wildman–Crippen MR) is 249 cm³/mol. The number of aliphatic imine (C=N–C) groups is 2. The SMILES string of the molecule is CC(=NC(=NCC1=CC(n2c3c(c4ccccc42)CC2C4=CCCC=C4C(C)(C)C2=C3)CC=C1)c1cccc2c1-c1ccccc1C2)c1cccc2oc3ccccc3c12. The third-order valence-electron chi connectivity index (χ3n) is 14.1. The van der Waals surface area contributed by atoms with Crippen LogP contribution in [0.3, 0.4) is 0 Å². The monoisotopic (exact) mass is 777 g/mol. The van der Waals surface area contributed by atoms with Crippen LogP contribution in [0.5, 0.6) is 0 Å². The zero-order valence-corrected chi connectivity index (χ0v) is 34.5. The van der Waals surface area contributed by atoms with E-state index < -0.39 is 0 Å². The summed E-state index contributed by atoms with van der Waals surface area (Å²) in [5.41, 5.74) is 20.2. The van der Waals surface area contributed by atoms with Crippen molar-refractivity contribution < 1.29 is 4.42 Å². The van der Waals surface area contributed by atoms with Gasteiger partial charge in [0.1, 0.15) is 11.2 Å². The van der Waals surface area contributed by atoms with E-state index in [2.05, 4.69) is 159 Å². The van der Waals surface area contributed by atoms with Crippen LogP contribution < -0.4 is 0 Å². The molecule has 4 heteroatoms. The first-order valence-electron chi connectivity index (χ1n) is 21.8. The van der Waals surface area contributed by atoms with Gasteiger partial charge in [0.2, 0.25) is 0 Å². The normalized spacial score (nSPS) is 20.3. The smallest absolute Gasteiger partial charge is 0.155 e. The first-order chi connectivity index (χ1) is 29.4. The third kappa shape index (κ3) is 5.36.